The molecule has 1 N–H and O–H groups in total. The van der Waals surface area contributed by atoms with Crippen molar-refractivity contribution in [3.8, 4) is 0 Å². The summed E-state index contributed by atoms with van der Waals surface area (Å²) >= 11 is 3.13. The molecule has 0 aliphatic carbocycles. The maximum absolute atomic E-state index is 12.0. The van der Waals surface area contributed by atoms with E-state index in [4.69, 9.17) is 4.52 Å². The van der Waals surface area contributed by atoms with Crippen molar-refractivity contribution in [3.63, 3.8) is 0 Å². The summed E-state index contributed by atoms with van der Waals surface area (Å²) in [4.78, 5) is 17.6. The van der Waals surface area contributed by atoms with Gasteiger partial charge in [-0.05, 0) is 18.4 Å². The zero-order chi connectivity index (χ0) is 16.2. The molecule has 0 fully saturated rings. The normalized spacial score (nSPS) is 13.1. The van der Waals surface area contributed by atoms with E-state index in [0.29, 0.717) is 24.0 Å². The van der Waals surface area contributed by atoms with E-state index >= 15 is 0 Å². The highest BCUT2D eigenvalue weighted by atomic mass is 32.2. The molecule has 0 saturated heterocycles. The van der Waals surface area contributed by atoms with Gasteiger partial charge in [-0.1, -0.05) is 32.0 Å². The third-order valence-corrected chi connectivity index (χ3v) is 4.99. The molecule has 2 aromatic rings. The van der Waals surface area contributed by atoms with Crippen molar-refractivity contribution in [2.75, 3.05) is 0 Å². The molecule has 1 unspecified atom stereocenters. The van der Waals surface area contributed by atoms with Crippen molar-refractivity contribution in [2.24, 2.45) is 0 Å². The van der Waals surface area contributed by atoms with Gasteiger partial charge in [-0.3, -0.25) is 4.79 Å². The number of hydrogen-bond donors (Lipinski definition) is 1. The van der Waals surface area contributed by atoms with Crippen molar-refractivity contribution >= 4 is 29.0 Å². The average molecular weight is 339 g/mol. The molecule has 5 nitrogen and oxygen atoms in total. The number of thiophene rings is 1. The van der Waals surface area contributed by atoms with E-state index in [1.54, 1.807) is 11.3 Å². The first-order chi connectivity index (χ1) is 10.4. The summed E-state index contributed by atoms with van der Waals surface area (Å²) in [5.74, 6) is 1.82. The summed E-state index contributed by atoms with van der Waals surface area (Å²) < 4.78 is 5.23. The predicted octanol–water partition coefficient (Wildman–Crippen LogP) is 3.37. The monoisotopic (exact) mass is 339 g/mol. The Kier molecular flexibility index (Phi) is 5.63. The summed E-state index contributed by atoms with van der Waals surface area (Å²) in [6.07, 6.45) is 0. The molecule has 2 heterocycles. The second kappa shape index (κ2) is 7.28. The first kappa shape index (κ1) is 17.0. The van der Waals surface area contributed by atoms with Crippen LogP contribution in [0, 0.1) is 0 Å². The van der Waals surface area contributed by atoms with Crippen molar-refractivity contribution in [2.45, 2.75) is 50.7 Å². The van der Waals surface area contributed by atoms with E-state index in [1.807, 2.05) is 45.2 Å². The van der Waals surface area contributed by atoms with Gasteiger partial charge in [0.05, 0.1) is 17.5 Å². The minimum Gasteiger partial charge on any atom is -0.350 e. The summed E-state index contributed by atoms with van der Waals surface area (Å²) in [6.45, 7) is 8.58. The zero-order valence-electron chi connectivity index (χ0n) is 13.3. The molecule has 120 valence electrons. The third kappa shape index (κ3) is 4.84. The Hall–Kier alpha value is -1.34. The van der Waals surface area contributed by atoms with Gasteiger partial charge in [-0.25, -0.2) is 0 Å². The van der Waals surface area contributed by atoms with Gasteiger partial charge in [-0.2, -0.15) is 4.98 Å². The lowest BCUT2D eigenvalue weighted by atomic mass is 9.96. The third-order valence-electron chi connectivity index (χ3n) is 2.98. The molecule has 1 amide bonds. The smallest absolute Gasteiger partial charge is 0.236 e. The van der Waals surface area contributed by atoms with Crippen molar-refractivity contribution in [1.82, 2.24) is 15.5 Å². The van der Waals surface area contributed by atoms with Gasteiger partial charge in [-0.15, -0.1) is 23.1 Å². The molecule has 7 heteroatoms. The number of nitrogens with one attached hydrogen (secondary N) is 1. The van der Waals surface area contributed by atoms with Crippen LogP contribution in [0.1, 0.15) is 44.3 Å². The Bertz CT molecular complexity index is 603. The van der Waals surface area contributed by atoms with Crippen LogP contribution in [0.4, 0.5) is 0 Å². The molecule has 0 aliphatic heterocycles. The fourth-order valence-electron chi connectivity index (χ4n) is 1.62. The number of hydrogen-bond acceptors (Lipinski definition) is 6. The van der Waals surface area contributed by atoms with Gasteiger partial charge in [0.25, 0.3) is 0 Å². The Labute approximate surface area is 138 Å². The van der Waals surface area contributed by atoms with Crippen molar-refractivity contribution in [3.05, 3.63) is 34.1 Å². The Balaban J connectivity index is 1.78. The number of nitrogens with zero attached hydrogens (tertiary/aromatic N) is 2. The highest BCUT2D eigenvalue weighted by Gasteiger charge is 2.21. The SMILES string of the molecule is CC(SCc1nc(C(C)(C)C)no1)C(=O)NCc1cccs1. The number of aromatic nitrogens is 2. The van der Waals surface area contributed by atoms with Gasteiger partial charge >= 0.3 is 0 Å². The fourth-order valence-corrected chi connectivity index (χ4v) is 3.01. The number of rotatable bonds is 6. The fraction of sp³-hybridized carbons (Fsp3) is 0.533. The second-order valence-corrected chi connectivity index (χ2v) is 8.37. The van der Waals surface area contributed by atoms with Crippen LogP contribution in [-0.4, -0.2) is 21.3 Å². The van der Waals surface area contributed by atoms with Crippen LogP contribution in [0.3, 0.4) is 0 Å². The molecular formula is C15H21N3O2S2. The van der Waals surface area contributed by atoms with E-state index in [-0.39, 0.29) is 16.6 Å². The van der Waals surface area contributed by atoms with Gasteiger partial charge in [0.15, 0.2) is 5.82 Å². The van der Waals surface area contributed by atoms with Crippen LogP contribution in [0.25, 0.3) is 0 Å². The first-order valence-corrected chi connectivity index (χ1v) is 9.04. The molecule has 0 aliphatic rings. The molecule has 0 aromatic carbocycles. The van der Waals surface area contributed by atoms with Crippen LogP contribution in [0.5, 0.6) is 0 Å². The lowest BCUT2D eigenvalue weighted by Crippen LogP contribution is -2.30. The van der Waals surface area contributed by atoms with Gasteiger partial charge in [0, 0.05) is 10.3 Å². The van der Waals surface area contributed by atoms with E-state index in [1.165, 1.54) is 11.8 Å². The van der Waals surface area contributed by atoms with Crippen LogP contribution < -0.4 is 5.32 Å². The summed E-state index contributed by atoms with van der Waals surface area (Å²) in [6, 6.07) is 3.99. The summed E-state index contributed by atoms with van der Waals surface area (Å²) in [7, 11) is 0. The number of amides is 1. The maximum atomic E-state index is 12.0. The molecule has 1 atom stereocenters. The van der Waals surface area contributed by atoms with Gasteiger partial charge < -0.3 is 9.84 Å². The van der Waals surface area contributed by atoms with Gasteiger partial charge in [0.2, 0.25) is 11.8 Å². The van der Waals surface area contributed by atoms with Crippen molar-refractivity contribution in [1.29, 1.82) is 0 Å². The molecule has 2 aromatic heterocycles. The Morgan fingerprint density at radius 1 is 1.50 bits per heavy atom. The van der Waals surface area contributed by atoms with Crippen LogP contribution >= 0.6 is 23.1 Å². The zero-order valence-corrected chi connectivity index (χ0v) is 14.9. The van der Waals surface area contributed by atoms with E-state index in [9.17, 15) is 4.79 Å². The lowest BCUT2D eigenvalue weighted by molar-refractivity contribution is -0.120. The van der Waals surface area contributed by atoms with Crippen molar-refractivity contribution < 1.29 is 9.32 Å². The minimum atomic E-state index is -0.162. The molecule has 2 rings (SSSR count). The maximum Gasteiger partial charge on any atom is 0.236 e. The molecule has 0 saturated carbocycles. The largest absolute Gasteiger partial charge is 0.350 e. The number of carbonyl (C=O) groups excluding carboxylic acids is 1. The number of carbonyl (C=O) groups is 1. The predicted molar refractivity (Wildman–Crippen MR) is 89.9 cm³/mol. The summed E-state index contributed by atoms with van der Waals surface area (Å²) in [5.41, 5.74) is -0.129. The topological polar surface area (TPSA) is 68.0 Å². The summed E-state index contributed by atoms with van der Waals surface area (Å²) in [5, 5.41) is 8.76. The van der Waals surface area contributed by atoms with E-state index in [2.05, 4.69) is 15.5 Å². The standard InChI is InChI=1S/C15H21N3O2S2/c1-10(13(19)16-8-11-6-5-7-21-11)22-9-12-17-14(18-20-12)15(2,3)4/h5-7,10H,8-9H2,1-4H3,(H,16,19). The highest BCUT2D eigenvalue weighted by Crippen LogP contribution is 2.22. The molecule has 0 bridgehead atoms. The van der Waals surface area contributed by atoms with Crippen LogP contribution in [0.2, 0.25) is 0 Å². The van der Waals surface area contributed by atoms with Gasteiger partial charge in [0.1, 0.15) is 0 Å². The Morgan fingerprint density at radius 2 is 2.27 bits per heavy atom. The van der Waals surface area contributed by atoms with E-state index in [0.717, 1.165) is 4.88 Å². The van der Waals surface area contributed by atoms with Crippen LogP contribution in [0.15, 0.2) is 22.0 Å². The van der Waals surface area contributed by atoms with E-state index < -0.39 is 0 Å². The quantitative estimate of drug-likeness (QED) is 0.874. The highest BCUT2D eigenvalue weighted by molar-refractivity contribution is 7.99. The first-order valence-electron chi connectivity index (χ1n) is 7.11. The molecule has 0 spiro atoms. The molecule has 0 radical (unpaired) electrons. The molecular weight excluding hydrogens is 318 g/mol. The molecule has 22 heavy (non-hydrogen) atoms. The average Bonchev–Trinajstić information content (AvgIpc) is 3.12. The number of thioether (sulfide) groups is 1. The van der Waals surface area contributed by atoms with Crippen LogP contribution in [-0.2, 0) is 22.5 Å². The minimum absolute atomic E-state index is 0.0222. The Morgan fingerprint density at radius 3 is 2.86 bits per heavy atom. The second-order valence-electron chi connectivity index (χ2n) is 6.01. The lowest BCUT2D eigenvalue weighted by Gasteiger charge is -2.11.